The third kappa shape index (κ3) is 5.44. The Morgan fingerprint density at radius 1 is 0.926 bits per heavy atom. The normalized spacial score (nSPS) is 10.5. The number of aryl methyl sites for hydroxylation is 2. The van der Waals surface area contributed by atoms with Crippen molar-refractivity contribution >= 4 is 27.5 Å². The SMILES string of the molecule is Cc1ccc(N(Cc2ccc(Br)cc2)C(=O)COc2cccc(C)c2)cc1. The predicted octanol–water partition coefficient (Wildman–Crippen LogP) is 5.68. The van der Waals surface area contributed by atoms with Crippen LogP contribution in [0.4, 0.5) is 5.69 Å². The number of hydrogen-bond donors (Lipinski definition) is 0. The summed E-state index contributed by atoms with van der Waals surface area (Å²) in [4.78, 5) is 14.7. The minimum Gasteiger partial charge on any atom is -0.484 e. The van der Waals surface area contributed by atoms with Crippen LogP contribution in [0, 0.1) is 13.8 Å². The van der Waals surface area contributed by atoms with E-state index >= 15 is 0 Å². The van der Waals surface area contributed by atoms with Crippen molar-refractivity contribution in [1.82, 2.24) is 0 Å². The van der Waals surface area contributed by atoms with Crippen molar-refractivity contribution in [2.45, 2.75) is 20.4 Å². The monoisotopic (exact) mass is 423 g/mol. The molecule has 0 aliphatic rings. The lowest BCUT2D eigenvalue weighted by Gasteiger charge is -2.23. The molecule has 3 nitrogen and oxygen atoms in total. The quantitative estimate of drug-likeness (QED) is 0.510. The molecule has 0 atom stereocenters. The average Bonchev–Trinajstić information content (AvgIpc) is 2.67. The van der Waals surface area contributed by atoms with Gasteiger partial charge in [0.15, 0.2) is 6.61 Å². The molecule has 138 valence electrons. The number of rotatable bonds is 6. The van der Waals surface area contributed by atoms with Gasteiger partial charge in [0.05, 0.1) is 6.54 Å². The van der Waals surface area contributed by atoms with Crippen LogP contribution < -0.4 is 9.64 Å². The van der Waals surface area contributed by atoms with Crippen molar-refractivity contribution in [1.29, 1.82) is 0 Å². The third-order valence-corrected chi connectivity index (χ3v) is 4.78. The van der Waals surface area contributed by atoms with E-state index in [1.165, 1.54) is 0 Å². The van der Waals surface area contributed by atoms with Gasteiger partial charge in [-0.05, 0) is 61.4 Å². The summed E-state index contributed by atoms with van der Waals surface area (Å²) >= 11 is 3.45. The molecule has 27 heavy (non-hydrogen) atoms. The van der Waals surface area contributed by atoms with Crippen LogP contribution in [0.3, 0.4) is 0 Å². The number of halogens is 1. The van der Waals surface area contributed by atoms with Crippen LogP contribution in [0.25, 0.3) is 0 Å². The fourth-order valence-electron chi connectivity index (χ4n) is 2.75. The summed E-state index contributed by atoms with van der Waals surface area (Å²) < 4.78 is 6.75. The van der Waals surface area contributed by atoms with Gasteiger partial charge in [-0.3, -0.25) is 4.79 Å². The molecular weight excluding hydrogens is 402 g/mol. The number of hydrogen-bond acceptors (Lipinski definition) is 2. The molecule has 4 heteroatoms. The number of anilines is 1. The van der Waals surface area contributed by atoms with Gasteiger partial charge in [0.1, 0.15) is 5.75 Å². The molecule has 0 spiro atoms. The molecule has 0 unspecified atom stereocenters. The molecule has 0 saturated carbocycles. The van der Waals surface area contributed by atoms with E-state index in [1.807, 2.05) is 86.6 Å². The largest absolute Gasteiger partial charge is 0.484 e. The van der Waals surface area contributed by atoms with Crippen molar-refractivity contribution in [2.24, 2.45) is 0 Å². The van der Waals surface area contributed by atoms with Crippen LogP contribution in [-0.4, -0.2) is 12.5 Å². The van der Waals surface area contributed by atoms with Gasteiger partial charge >= 0.3 is 0 Å². The average molecular weight is 424 g/mol. The van der Waals surface area contributed by atoms with E-state index < -0.39 is 0 Å². The number of amides is 1. The Balaban J connectivity index is 1.78. The second kappa shape index (κ2) is 8.87. The standard InChI is InChI=1S/C23H22BrNO2/c1-17-6-12-21(13-7-17)25(15-19-8-10-20(24)11-9-19)23(26)16-27-22-5-3-4-18(2)14-22/h3-14H,15-16H2,1-2H3. The Hall–Kier alpha value is -2.59. The summed E-state index contributed by atoms with van der Waals surface area (Å²) in [7, 11) is 0. The molecule has 0 aliphatic heterocycles. The first kappa shape index (κ1) is 19.2. The zero-order valence-electron chi connectivity index (χ0n) is 15.5. The molecular formula is C23H22BrNO2. The van der Waals surface area contributed by atoms with E-state index in [4.69, 9.17) is 4.74 Å². The highest BCUT2D eigenvalue weighted by molar-refractivity contribution is 9.10. The Morgan fingerprint density at radius 2 is 1.63 bits per heavy atom. The molecule has 0 aromatic heterocycles. The highest BCUT2D eigenvalue weighted by atomic mass is 79.9. The molecule has 0 fully saturated rings. The lowest BCUT2D eigenvalue weighted by Crippen LogP contribution is -2.34. The maximum absolute atomic E-state index is 12.9. The Kier molecular flexibility index (Phi) is 6.30. The minimum atomic E-state index is -0.0803. The van der Waals surface area contributed by atoms with E-state index in [-0.39, 0.29) is 12.5 Å². The molecule has 0 saturated heterocycles. The number of ether oxygens (including phenoxy) is 1. The highest BCUT2D eigenvalue weighted by Crippen LogP contribution is 2.20. The molecule has 0 radical (unpaired) electrons. The van der Waals surface area contributed by atoms with Gasteiger partial charge in [-0.25, -0.2) is 0 Å². The van der Waals surface area contributed by atoms with E-state index in [0.29, 0.717) is 12.3 Å². The summed E-state index contributed by atoms with van der Waals surface area (Å²) in [5, 5.41) is 0. The smallest absolute Gasteiger partial charge is 0.265 e. The van der Waals surface area contributed by atoms with E-state index in [2.05, 4.69) is 15.9 Å². The number of benzene rings is 3. The molecule has 0 bridgehead atoms. The van der Waals surface area contributed by atoms with Gasteiger partial charge in [-0.2, -0.15) is 0 Å². The Morgan fingerprint density at radius 3 is 2.30 bits per heavy atom. The summed E-state index contributed by atoms with van der Waals surface area (Å²) in [6, 6.07) is 23.7. The second-order valence-corrected chi connectivity index (χ2v) is 7.46. The summed E-state index contributed by atoms with van der Waals surface area (Å²) in [6.07, 6.45) is 0. The Bertz CT molecular complexity index is 904. The molecule has 1 amide bonds. The summed E-state index contributed by atoms with van der Waals surface area (Å²) in [6.45, 7) is 4.52. The first-order chi connectivity index (χ1) is 13.0. The summed E-state index contributed by atoms with van der Waals surface area (Å²) in [5.74, 6) is 0.624. The first-order valence-electron chi connectivity index (χ1n) is 8.82. The van der Waals surface area contributed by atoms with E-state index in [0.717, 1.165) is 26.9 Å². The molecule has 0 aliphatic carbocycles. The van der Waals surface area contributed by atoms with Gasteiger partial charge in [-0.1, -0.05) is 57.9 Å². The minimum absolute atomic E-state index is 0.00609. The second-order valence-electron chi connectivity index (χ2n) is 6.55. The van der Waals surface area contributed by atoms with Crippen LogP contribution in [0.15, 0.2) is 77.3 Å². The maximum Gasteiger partial charge on any atom is 0.265 e. The number of carbonyl (C=O) groups is 1. The van der Waals surface area contributed by atoms with Crippen LogP contribution >= 0.6 is 15.9 Å². The van der Waals surface area contributed by atoms with Gasteiger partial charge in [-0.15, -0.1) is 0 Å². The van der Waals surface area contributed by atoms with Gasteiger partial charge in [0.25, 0.3) is 5.91 Å². The van der Waals surface area contributed by atoms with Crippen LogP contribution in [-0.2, 0) is 11.3 Å². The van der Waals surface area contributed by atoms with Crippen molar-refractivity contribution < 1.29 is 9.53 Å². The van der Waals surface area contributed by atoms with E-state index in [1.54, 1.807) is 4.90 Å². The van der Waals surface area contributed by atoms with Crippen molar-refractivity contribution in [3.05, 3.63) is 94.0 Å². The van der Waals surface area contributed by atoms with E-state index in [9.17, 15) is 4.79 Å². The fraction of sp³-hybridized carbons (Fsp3) is 0.174. The predicted molar refractivity (Wildman–Crippen MR) is 113 cm³/mol. The fourth-order valence-corrected chi connectivity index (χ4v) is 3.01. The lowest BCUT2D eigenvalue weighted by molar-refractivity contribution is -0.120. The molecule has 3 aromatic carbocycles. The maximum atomic E-state index is 12.9. The number of nitrogens with zero attached hydrogens (tertiary/aromatic N) is 1. The van der Waals surface area contributed by atoms with Crippen LogP contribution in [0.1, 0.15) is 16.7 Å². The molecule has 3 aromatic rings. The highest BCUT2D eigenvalue weighted by Gasteiger charge is 2.17. The van der Waals surface area contributed by atoms with Gasteiger partial charge in [0.2, 0.25) is 0 Å². The van der Waals surface area contributed by atoms with Crippen LogP contribution in [0.2, 0.25) is 0 Å². The van der Waals surface area contributed by atoms with Crippen LogP contribution in [0.5, 0.6) is 5.75 Å². The van der Waals surface area contributed by atoms with Crippen molar-refractivity contribution in [3.8, 4) is 5.75 Å². The Labute approximate surface area is 168 Å². The van der Waals surface area contributed by atoms with Crippen molar-refractivity contribution in [3.63, 3.8) is 0 Å². The third-order valence-electron chi connectivity index (χ3n) is 4.25. The van der Waals surface area contributed by atoms with Crippen molar-refractivity contribution in [2.75, 3.05) is 11.5 Å². The zero-order chi connectivity index (χ0) is 19.2. The number of carbonyl (C=O) groups excluding carboxylic acids is 1. The molecule has 3 rings (SSSR count). The molecule has 0 heterocycles. The van der Waals surface area contributed by atoms with Gasteiger partial charge < -0.3 is 9.64 Å². The topological polar surface area (TPSA) is 29.5 Å². The zero-order valence-corrected chi connectivity index (χ0v) is 17.1. The van der Waals surface area contributed by atoms with Gasteiger partial charge in [0, 0.05) is 10.2 Å². The summed E-state index contributed by atoms with van der Waals surface area (Å²) in [5.41, 5.74) is 4.18. The lowest BCUT2D eigenvalue weighted by atomic mass is 10.1. The first-order valence-corrected chi connectivity index (χ1v) is 9.61. The molecule has 0 N–H and O–H groups in total.